The van der Waals surface area contributed by atoms with Gasteiger partial charge in [-0.2, -0.15) is 0 Å². The first-order valence-corrected chi connectivity index (χ1v) is 9.42. The second kappa shape index (κ2) is 7.91. The van der Waals surface area contributed by atoms with Gasteiger partial charge in [0.05, 0.1) is 11.1 Å². The van der Waals surface area contributed by atoms with Crippen molar-refractivity contribution in [2.45, 2.75) is 27.2 Å². The Labute approximate surface area is 173 Å². The van der Waals surface area contributed by atoms with E-state index in [1.165, 1.54) is 24.3 Å². The van der Waals surface area contributed by atoms with Crippen LogP contribution in [0, 0.1) is 13.8 Å². The van der Waals surface area contributed by atoms with E-state index >= 15 is 0 Å². The van der Waals surface area contributed by atoms with Crippen molar-refractivity contribution in [1.82, 2.24) is 0 Å². The number of carbonyl (C=O) groups is 2. The first kappa shape index (κ1) is 20.9. The summed E-state index contributed by atoms with van der Waals surface area (Å²) >= 11 is 0. The number of aromatic carboxylic acids is 2. The van der Waals surface area contributed by atoms with Crippen LogP contribution in [-0.4, -0.2) is 32.4 Å². The zero-order valence-electron chi connectivity index (χ0n) is 16.9. The van der Waals surface area contributed by atoms with Crippen LogP contribution in [-0.2, 0) is 6.42 Å². The Morgan fingerprint density at radius 3 is 1.77 bits per heavy atom. The fraction of sp³-hybridized carbons (Fsp3) is 0.167. The number of aryl methyl sites for hydroxylation is 1. The fourth-order valence-electron chi connectivity index (χ4n) is 3.76. The smallest absolute Gasteiger partial charge is 0.336 e. The second-order valence-corrected chi connectivity index (χ2v) is 7.10. The van der Waals surface area contributed by atoms with Crippen molar-refractivity contribution in [1.29, 1.82) is 0 Å². The number of carboxylic acids is 2. The van der Waals surface area contributed by atoms with Gasteiger partial charge in [-0.05, 0) is 72.4 Å². The summed E-state index contributed by atoms with van der Waals surface area (Å²) in [5.41, 5.74) is 3.95. The average Bonchev–Trinajstić information content (AvgIpc) is 2.71. The second-order valence-electron chi connectivity index (χ2n) is 7.10. The highest BCUT2D eigenvalue weighted by atomic mass is 16.4. The van der Waals surface area contributed by atoms with Crippen molar-refractivity contribution in [2.75, 3.05) is 0 Å². The van der Waals surface area contributed by atoms with E-state index in [2.05, 4.69) is 0 Å². The molecule has 0 radical (unpaired) electrons. The lowest BCUT2D eigenvalue weighted by molar-refractivity contribution is 0.0686. The summed E-state index contributed by atoms with van der Waals surface area (Å²) < 4.78 is 0. The molecule has 3 rings (SSSR count). The molecule has 0 aliphatic carbocycles. The number of phenolic OH excluding ortho intramolecular Hbond substituents is 2. The molecule has 0 unspecified atom stereocenters. The van der Waals surface area contributed by atoms with Gasteiger partial charge in [0.2, 0.25) is 0 Å². The number of hydrogen-bond donors (Lipinski definition) is 4. The van der Waals surface area contributed by atoms with Gasteiger partial charge < -0.3 is 20.4 Å². The SMILES string of the molecule is CCc1cc(-c2c(C(=O)O)ccc(O)c2C)ccc1-c1c(C(=O)O)ccc(O)c1C. The Kier molecular flexibility index (Phi) is 5.52. The van der Waals surface area contributed by atoms with Gasteiger partial charge in [0, 0.05) is 11.1 Å². The molecular formula is C24H22O6. The van der Waals surface area contributed by atoms with Crippen LogP contribution in [0.4, 0.5) is 0 Å². The van der Waals surface area contributed by atoms with Crippen LogP contribution < -0.4 is 0 Å². The highest BCUT2D eigenvalue weighted by Crippen LogP contribution is 2.39. The van der Waals surface area contributed by atoms with E-state index in [9.17, 15) is 30.0 Å². The van der Waals surface area contributed by atoms with E-state index in [0.29, 0.717) is 39.8 Å². The van der Waals surface area contributed by atoms with Crippen molar-refractivity contribution in [3.63, 3.8) is 0 Å². The molecule has 0 atom stereocenters. The summed E-state index contributed by atoms with van der Waals surface area (Å²) in [6, 6.07) is 10.7. The van der Waals surface area contributed by atoms with E-state index < -0.39 is 11.9 Å². The molecule has 0 heterocycles. The standard InChI is InChI=1S/C24H22O6/c1-4-14-11-15(21-12(2)19(25)9-7-17(21)23(27)28)5-6-16(14)22-13(3)20(26)10-8-18(22)24(29)30/h5-11,25-26H,4H2,1-3H3,(H,27,28)(H,29,30). The predicted octanol–water partition coefficient (Wildman–Crippen LogP) is 5.01. The molecule has 0 saturated carbocycles. The van der Waals surface area contributed by atoms with Crippen LogP contribution in [0.15, 0.2) is 42.5 Å². The van der Waals surface area contributed by atoms with Gasteiger partial charge in [-0.3, -0.25) is 0 Å². The first-order chi connectivity index (χ1) is 14.2. The van der Waals surface area contributed by atoms with E-state index in [1.807, 2.05) is 6.92 Å². The van der Waals surface area contributed by atoms with E-state index in [0.717, 1.165) is 5.56 Å². The zero-order chi connectivity index (χ0) is 22.2. The Bertz CT molecular complexity index is 1180. The third-order valence-electron chi connectivity index (χ3n) is 5.38. The highest BCUT2D eigenvalue weighted by molar-refractivity contribution is 6.00. The summed E-state index contributed by atoms with van der Waals surface area (Å²) in [5, 5.41) is 39.5. The summed E-state index contributed by atoms with van der Waals surface area (Å²) in [4.78, 5) is 23.5. The molecule has 3 aromatic rings. The fourth-order valence-corrected chi connectivity index (χ4v) is 3.76. The molecule has 0 aliphatic rings. The molecule has 6 heteroatoms. The van der Waals surface area contributed by atoms with E-state index in [4.69, 9.17) is 0 Å². The van der Waals surface area contributed by atoms with Crippen molar-refractivity contribution >= 4 is 11.9 Å². The molecular weight excluding hydrogens is 384 g/mol. The lowest BCUT2D eigenvalue weighted by Crippen LogP contribution is -2.04. The van der Waals surface area contributed by atoms with Crippen LogP contribution >= 0.6 is 0 Å². The van der Waals surface area contributed by atoms with Crippen LogP contribution in [0.3, 0.4) is 0 Å². The minimum Gasteiger partial charge on any atom is -0.508 e. The Hall–Kier alpha value is -3.80. The molecule has 0 amide bonds. The maximum absolute atomic E-state index is 11.8. The summed E-state index contributed by atoms with van der Waals surface area (Å²) in [5.74, 6) is -2.21. The van der Waals surface area contributed by atoms with Gasteiger partial charge in [-0.15, -0.1) is 0 Å². The van der Waals surface area contributed by atoms with Gasteiger partial charge in [0.25, 0.3) is 0 Å². The molecule has 0 aromatic heterocycles. The number of hydrogen-bond acceptors (Lipinski definition) is 4. The Morgan fingerprint density at radius 1 is 0.767 bits per heavy atom. The lowest BCUT2D eigenvalue weighted by atomic mass is 9.86. The van der Waals surface area contributed by atoms with Gasteiger partial charge in [-0.25, -0.2) is 9.59 Å². The minimum atomic E-state index is -1.10. The topological polar surface area (TPSA) is 115 Å². The summed E-state index contributed by atoms with van der Waals surface area (Å²) in [6.45, 7) is 5.22. The third-order valence-corrected chi connectivity index (χ3v) is 5.38. The van der Waals surface area contributed by atoms with Crippen LogP contribution in [0.1, 0.15) is 44.3 Å². The number of phenols is 2. The molecule has 0 bridgehead atoms. The first-order valence-electron chi connectivity index (χ1n) is 9.42. The number of carboxylic acid groups (broad SMARTS) is 2. The van der Waals surface area contributed by atoms with Gasteiger partial charge in [0.15, 0.2) is 0 Å². The molecule has 154 valence electrons. The molecule has 3 aromatic carbocycles. The van der Waals surface area contributed by atoms with Crippen molar-refractivity contribution in [3.05, 3.63) is 70.3 Å². The predicted molar refractivity (Wildman–Crippen MR) is 113 cm³/mol. The summed E-state index contributed by atoms with van der Waals surface area (Å²) in [7, 11) is 0. The average molecular weight is 406 g/mol. The molecule has 4 N–H and O–H groups in total. The molecule has 0 spiro atoms. The zero-order valence-corrected chi connectivity index (χ0v) is 16.9. The van der Waals surface area contributed by atoms with Gasteiger partial charge >= 0.3 is 11.9 Å². The van der Waals surface area contributed by atoms with Crippen LogP contribution in [0.5, 0.6) is 11.5 Å². The number of benzene rings is 3. The van der Waals surface area contributed by atoms with Gasteiger partial charge in [-0.1, -0.05) is 25.1 Å². The van der Waals surface area contributed by atoms with Crippen LogP contribution in [0.25, 0.3) is 22.3 Å². The van der Waals surface area contributed by atoms with Crippen molar-refractivity contribution < 1.29 is 30.0 Å². The van der Waals surface area contributed by atoms with E-state index in [-0.39, 0.29) is 22.6 Å². The molecule has 30 heavy (non-hydrogen) atoms. The minimum absolute atomic E-state index is 0.00174. The highest BCUT2D eigenvalue weighted by Gasteiger charge is 2.21. The molecule has 0 fully saturated rings. The normalized spacial score (nSPS) is 10.8. The molecule has 6 nitrogen and oxygen atoms in total. The van der Waals surface area contributed by atoms with Crippen molar-refractivity contribution in [2.24, 2.45) is 0 Å². The molecule has 0 aliphatic heterocycles. The number of aromatic hydroxyl groups is 2. The van der Waals surface area contributed by atoms with E-state index in [1.54, 1.807) is 32.0 Å². The Balaban J connectivity index is 2.31. The third kappa shape index (κ3) is 3.48. The maximum Gasteiger partial charge on any atom is 0.336 e. The molecule has 0 saturated heterocycles. The van der Waals surface area contributed by atoms with Crippen LogP contribution in [0.2, 0.25) is 0 Å². The van der Waals surface area contributed by atoms with Gasteiger partial charge in [0.1, 0.15) is 11.5 Å². The Morgan fingerprint density at radius 2 is 1.27 bits per heavy atom. The monoisotopic (exact) mass is 406 g/mol. The largest absolute Gasteiger partial charge is 0.508 e. The summed E-state index contributed by atoms with van der Waals surface area (Å²) in [6.07, 6.45) is 0.553. The quantitative estimate of drug-likeness (QED) is 0.474. The lowest BCUT2D eigenvalue weighted by Gasteiger charge is -2.18. The maximum atomic E-state index is 11.8. The van der Waals surface area contributed by atoms with Crippen molar-refractivity contribution in [3.8, 4) is 33.8 Å². The number of rotatable bonds is 5.